The van der Waals surface area contributed by atoms with Gasteiger partial charge in [-0.25, -0.2) is 0 Å². The number of nitriles is 1. The number of nitrogens with zero attached hydrogens (tertiary/aromatic N) is 2. The van der Waals surface area contributed by atoms with Crippen LogP contribution in [0.3, 0.4) is 0 Å². The summed E-state index contributed by atoms with van der Waals surface area (Å²) in [7, 11) is 0. The van der Waals surface area contributed by atoms with Gasteiger partial charge in [-0.05, 0) is 25.7 Å². The van der Waals surface area contributed by atoms with Crippen LogP contribution in [-0.2, 0) is 0 Å². The van der Waals surface area contributed by atoms with Crippen molar-refractivity contribution >= 4 is 22.7 Å². The van der Waals surface area contributed by atoms with Crippen LogP contribution < -0.4 is 10.9 Å². The van der Waals surface area contributed by atoms with Crippen LogP contribution in [0, 0.1) is 16.7 Å². The second kappa shape index (κ2) is 7.43. The molecule has 0 saturated heterocycles. The molecule has 2 aliphatic rings. The number of rotatable bonds is 5. The molecule has 2 aromatic heterocycles. The van der Waals surface area contributed by atoms with Gasteiger partial charge in [0.15, 0.2) is 0 Å². The maximum absolute atomic E-state index is 12.7. The monoisotopic (exact) mass is 363 g/mol. The van der Waals surface area contributed by atoms with Gasteiger partial charge in [0.2, 0.25) is 0 Å². The molecule has 0 radical (unpaired) electrons. The molecule has 0 aromatic carbocycles. The van der Waals surface area contributed by atoms with Gasteiger partial charge < -0.3 is 20.3 Å². The summed E-state index contributed by atoms with van der Waals surface area (Å²) >= 11 is 0. The first-order chi connectivity index (χ1) is 13.2. The van der Waals surface area contributed by atoms with Crippen LogP contribution in [-0.4, -0.2) is 21.8 Å². The van der Waals surface area contributed by atoms with Gasteiger partial charge in [-0.15, -0.1) is 0 Å². The Balaban J connectivity index is 1.86. The first-order valence-corrected chi connectivity index (χ1v) is 9.86. The van der Waals surface area contributed by atoms with Gasteiger partial charge in [0, 0.05) is 48.0 Å². The third-order valence-corrected chi connectivity index (χ3v) is 6.00. The van der Waals surface area contributed by atoms with E-state index in [0.29, 0.717) is 34.1 Å². The summed E-state index contributed by atoms with van der Waals surface area (Å²) in [5.74, 6) is 0. The lowest BCUT2D eigenvalue weighted by Gasteiger charge is -2.13. The molecule has 140 valence electrons. The van der Waals surface area contributed by atoms with Crippen LogP contribution in [0.4, 0.5) is 0 Å². The van der Waals surface area contributed by atoms with Crippen molar-refractivity contribution in [2.75, 3.05) is 0 Å². The molecule has 6 heteroatoms. The van der Waals surface area contributed by atoms with Crippen molar-refractivity contribution in [2.45, 2.75) is 63.5 Å². The molecule has 0 spiro atoms. The molecule has 2 aliphatic carbocycles. The highest BCUT2D eigenvalue weighted by molar-refractivity contribution is 6.14. The number of hydrogen-bond acceptors (Lipinski definition) is 4. The maximum atomic E-state index is 12.7. The van der Waals surface area contributed by atoms with E-state index in [4.69, 9.17) is 5.41 Å². The molecule has 2 fully saturated rings. The van der Waals surface area contributed by atoms with Crippen molar-refractivity contribution in [2.24, 2.45) is 0 Å². The SMILES string of the molecule is N#Cc1c[nH]c(=O)c2c(/C(C=N)=C/NC3CCCC3)cn(C3CCCC3)c12. The molecule has 2 aromatic rings. The third-order valence-electron chi connectivity index (χ3n) is 6.00. The summed E-state index contributed by atoms with van der Waals surface area (Å²) in [4.78, 5) is 15.4. The van der Waals surface area contributed by atoms with Crippen LogP contribution in [0.2, 0.25) is 0 Å². The second-order valence-electron chi connectivity index (χ2n) is 7.65. The smallest absolute Gasteiger partial charge is 0.258 e. The topological polar surface area (TPSA) is 97.5 Å². The van der Waals surface area contributed by atoms with E-state index in [0.717, 1.165) is 31.2 Å². The zero-order valence-corrected chi connectivity index (χ0v) is 15.4. The Bertz CT molecular complexity index is 978. The summed E-state index contributed by atoms with van der Waals surface area (Å²) in [6.45, 7) is 0. The Hall–Kier alpha value is -2.81. The van der Waals surface area contributed by atoms with Crippen molar-refractivity contribution in [3.63, 3.8) is 0 Å². The van der Waals surface area contributed by atoms with Crippen LogP contribution in [0.25, 0.3) is 16.5 Å². The predicted octanol–water partition coefficient (Wildman–Crippen LogP) is 3.84. The quantitative estimate of drug-likeness (QED) is 0.704. The number of aromatic amines is 1. The van der Waals surface area contributed by atoms with Crippen LogP contribution in [0.1, 0.15) is 68.5 Å². The van der Waals surface area contributed by atoms with E-state index in [-0.39, 0.29) is 5.56 Å². The van der Waals surface area contributed by atoms with Crippen molar-refractivity contribution < 1.29 is 0 Å². The Morgan fingerprint density at radius 1 is 1.26 bits per heavy atom. The molecule has 0 atom stereocenters. The molecule has 0 unspecified atom stereocenters. The van der Waals surface area contributed by atoms with Gasteiger partial charge in [0.1, 0.15) is 6.07 Å². The Morgan fingerprint density at radius 3 is 2.63 bits per heavy atom. The summed E-state index contributed by atoms with van der Waals surface area (Å²) in [5, 5.41) is 21.4. The summed E-state index contributed by atoms with van der Waals surface area (Å²) in [6.07, 6.45) is 15.9. The summed E-state index contributed by atoms with van der Waals surface area (Å²) < 4.78 is 2.11. The predicted molar refractivity (Wildman–Crippen MR) is 107 cm³/mol. The minimum absolute atomic E-state index is 0.204. The molecule has 2 heterocycles. The Labute approximate surface area is 158 Å². The molecule has 0 bridgehead atoms. The van der Waals surface area contributed by atoms with E-state index in [1.165, 1.54) is 38.1 Å². The van der Waals surface area contributed by atoms with E-state index in [1.54, 1.807) is 0 Å². The van der Waals surface area contributed by atoms with Gasteiger partial charge in [-0.3, -0.25) is 4.79 Å². The fourth-order valence-electron chi connectivity index (χ4n) is 4.58. The molecule has 0 aliphatic heterocycles. The van der Waals surface area contributed by atoms with Crippen LogP contribution >= 0.6 is 0 Å². The zero-order chi connectivity index (χ0) is 18.8. The van der Waals surface area contributed by atoms with E-state index in [2.05, 4.69) is 20.9 Å². The Kier molecular flexibility index (Phi) is 4.85. The minimum atomic E-state index is -0.204. The highest BCUT2D eigenvalue weighted by Gasteiger charge is 2.24. The molecule has 3 N–H and O–H groups in total. The first-order valence-electron chi connectivity index (χ1n) is 9.86. The number of pyridine rings is 1. The van der Waals surface area contributed by atoms with Gasteiger partial charge in [-0.2, -0.15) is 5.26 Å². The van der Waals surface area contributed by atoms with E-state index >= 15 is 0 Å². The van der Waals surface area contributed by atoms with Gasteiger partial charge in [0.25, 0.3) is 5.56 Å². The lowest BCUT2D eigenvalue weighted by Crippen LogP contribution is -2.20. The van der Waals surface area contributed by atoms with Gasteiger partial charge in [-0.1, -0.05) is 25.7 Å². The van der Waals surface area contributed by atoms with Crippen LogP contribution in [0.5, 0.6) is 0 Å². The molecular formula is C21H25N5O. The number of fused-ring (bicyclic) bond motifs is 1. The van der Waals surface area contributed by atoms with Gasteiger partial charge >= 0.3 is 0 Å². The van der Waals surface area contributed by atoms with Crippen LogP contribution in [0.15, 0.2) is 23.4 Å². The van der Waals surface area contributed by atoms with Gasteiger partial charge in [0.05, 0.1) is 16.5 Å². The lowest BCUT2D eigenvalue weighted by molar-refractivity contribution is 0.535. The molecule has 4 rings (SSSR count). The van der Waals surface area contributed by atoms with Crippen molar-refractivity contribution in [1.82, 2.24) is 14.9 Å². The fraction of sp³-hybridized carbons (Fsp3) is 0.476. The lowest BCUT2D eigenvalue weighted by atomic mass is 10.1. The summed E-state index contributed by atoms with van der Waals surface area (Å²) in [5.41, 5.74) is 2.40. The van der Waals surface area contributed by atoms with E-state index in [1.807, 2.05) is 12.4 Å². The number of allylic oxidation sites excluding steroid dienone is 1. The molecule has 0 amide bonds. The normalized spacial score (nSPS) is 18.9. The Morgan fingerprint density at radius 2 is 1.96 bits per heavy atom. The average Bonchev–Trinajstić information content (AvgIpc) is 3.43. The molecular weight excluding hydrogens is 338 g/mol. The van der Waals surface area contributed by atoms with Crippen molar-refractivity contribution in [3.8, 4) is 6.07 Å². The minimum Gasteiger partial charge on any atom is -0.388 e. The molecule has 2 saturated carbocycles. The maximum Gasteiger partial charge on any atom is 0.258 e. The second-order valence-corrected chi connectivity index (χ2v) is 7.65. The number of aromatic nitrogens is 2. The van der Waals surface area contributed by atoms with E-state index in [9.17, 15) is 10.1 Å². The zero-order valence-electron chi connectivity index (χ0n) is 15.4. The molecule has 27 heavy (non-hydrogen) atoms. The first kappa shape index (κ1) is 17.6. The largest absolute Gasteiger partial charge is 0.388 e. The average molecular weight is 363 g/mol. The third kappa shape index (κ3) is 3.18. The van der Waals surface area contributed by atoms with E-state index < -0.39 is 0 Å². The fourth-order valence-corrected chi connectivity index (χ4v) is 4.58. The number of hydrogen-bond donors (Lipinski definition) is 3. The standard InChI is InChI=1S/C21H25N5O/c22-9-14(11-24-16-5-1-2-6-16)18-13-26(17-7-3-4-8-17)20-15(10-23)12-25-21(27)19(18)20/h9,11-13,16-17,22,24H,1-8H2,(H,25,27)/b14-11+,22-9?. The van der Waals surface area contributed by atoms with Crippen molar-refractivity contribution in [1.29, 1.82) is 10.7 Å². The van der Waals surface area contributed by atoms with Crippen molar-refractivity contribution in [3.05, 3.63) is 40.1 Å². The highest BCUT2D eigenvalue weighted by Crippen LogP contribution is 2.36. The molecule has 6 nitrogen and oxygen atoms in total. The summed E-state index contributed by atoms with van der Waals surface area (Å²) in [6, 6.07) is 2.98. The highest BCUT2D eigenvalue weighted by atomic mass is 16.1. The number of nitrogens with one attached hydrogen (secondary N) is 3. The number of H-pyrrole nitrogens is 1.